The van der Waals surface area contributed by atoms with Crippen LogP contribution < -0.4 is 0 Å². The van der Waals surface area contributed by atoms with Gasteiger partial charge in [0.25, 0.3) is 11.7 Å². The lowest BCUT2D eigenvalue weighted by Crippen LogP contribution is -2.61. The molecular weight excluding hydrogens is 965 g/mol. The number of carbonyl (C=O) groups is 6. The van der Waals surface area contributed by atoms with Gasteiger partial charge in [-0.15, -0.1) is 0 Å². The molecule has 0 aromatic rings. The summed E-state index contributed by atoms with van der Waals surface area (Å²) in [7, 11) is 2.96. The molecule has 2 N–H and O–H groups in total. The van der Waals surface area contributed by atoms with Gasteiger partial charge in [0.05, 0.1) is 44.7 Å². The average Bonchev–Trinajstić information content (AvgIpc) is 3.39. The minimum Gasteiger partial charge on any atom is -0.462 e. The van der Waals surface area contributed by atoms with Gasteiger partial charge >= 0.3 is 11.9 Å². The Kier molecular flexibility index (Phi) is 25.0. The number of methoxy groups -OCH3 is 2. The van der Waals surface area contributed by atoms with Crippen LogP contribution in [0.1, 0.15) is 132 Å². The van der Waals surface area contributed by atoms with Crippen LogP contribution in [0.25, 0.3) is 0 Å². The van der Waals surface area contributed by atoms with Crippen molar-refractivity contribution in [3.8, 4) is 0 Å². The largest absolute Gasteiger partial charge is 0.462 e. The van der Waals surface area contributed by atoms with Gasteiger partial charge in [0.1, 0.15) is 36.7 Å². The molecular formula is C58H90N2O15. The predicted molar refractivity (Wildman–Crippen MR) is 281 cm³/mol. The molecule has 1 amide bonds. The number of hydrogen-bond donors (Lipinski definition) is 2. The number of carbonyl (C=O) groups excluding carboxylic acids is 6. The van der Waals surface area contributed by atoms with Gasteiger partial charge in [-0.2, -0.15) is 0 Å². The number of esters is 2. The summed E-state index contributed by atoms with van der Waals surface area (Å²) in [6.45, 7) is 16.0. The van der Waals surface area contributed by atoms with Gasteiger partial charge in [0, 0.05) is 64.4 Å². The molecule has 0 radical (unpaired) electrons. The Morgan fingerprint density at radius 1 is 0.853 bits per heavy atom. The normalized spacial score (nSPS) is 37.0. The first-order valence-electron chi connectivity index (χ1n) is 27.8. The van der Waals surface area contributed by atoms with Crippen LogP contribution in [0.2, 0.25) is 0 Å². The van der Waals surface area contributed by atoms with Crippen molar-refractivity contribution in [2.75, 3.05) is 66.8 Å². The zero-order valence-corrected chi connectivity index (χ0v) is 46.4. The third-order valence-corrected chi connectivity index (χ3v) is 16.2. The third-order valence-electron chi connectivity index (χ3n) is 16.2. The van der Waals surface area contributed by atoms with E-state index in [4.69, 9.17) is 33.2 Å². The Morgan fingerprint density at radius 2 is 1.60 bits per heavy atom. The summed E-state index contributed by atoms with van der Waals surface area (Å²) >= 11 is 0. The molecule has 0 spiro atoms. The summed E-state index contributed by atoms with van der Waals surface area (Å²) in [6.07, 6.45) is 13.5. The van der Waals surface area contributed by atoms with E-state index in [9.17, 15) is 39.0 Å². The maximum Gasteiger partial charge on any atom is 0.329 e. The standard InChI is InChI=1S/C58H90N2O15/c1-37-16-11-10-12-17-38(2)49(69-8)34-46-22-21-43(7)58(68,75-46)55(65)56(66)60-23-14-13-20-47(60)57(67)74-50(35-48(61)39(3)31-42(6)53(64)54(70-9)52(63)41(5)30-37)40(4)32-44-18-15-19-45(33-44)72-28-29-73-51(62)36-59-24-26-71-27-25-59/h10-12,16-17,31,37,39-41,43-47,49-50,53-54,64,68H,13-15,18-30,32-36H2,1-9H3/b12-10+,16-11+,38-17+,42-31+/t37-,39-,40-,41-,43-,44?,45+,46+,47+,49+,50+,53-,54+,58-/m1/s1. The molecule has 4 fully saturated rings. The second-order valence-corrected chi connectivity index (χ2v) is 22.2. The first-order chi connectivity index (χ1) is 35.8. The van der Waals surface area contributed by atoms with Gasteiger partial charge in [0.2, 0.25) is 5.79 Å². The van der Waals surface area contributed by atoms with E-state index in [0.717, 1.165) is 31.3 Å². The molecule has 14 atom stereocenters. The van der Waals surface area contributed by atoms with E-state index in [1.54, 1.807) is 34.0 Å². The van der Waals surface area contributed by atoms with Gasteiger partial charge in [-0.3, -0.25) is 28.9 Å². The van der Waals surface area contributed by atoms with Crippen molar-refractivity contribution in [2.24, 2.45) is 35.5 Å². The summed E-state index contributed by atoms with van der Waals surface area (Å²) in [4.78, 5) is 87.0. The zero-order valence-electron chi connectivity index (χ0n) is 46.4. The number of ether oxygens (including phenoxy) is 7. The minimum absolute atomic E-state index is 0.0109. The van der Waals surface area contributed by atoms with Crippen molar-refractivity contribution < 1.29 is 72.1 Å². The summed E-state index contributed by atoms with van der Waals surface area (Å²) in [5.41, 5.74) is 1.26. The molecule has 1 unspecified atom stereocenters. The van der Waals surface area contributed by atoms with Crippen molar-refractivity contribution in [2.45, 2.75) is 180 Å². The first kappa shape index (κ1) is 61.9. The van der Waals surface area contributed by atoms with Gasteiger partial charge in [0.15, 0.2) is 5.78 Å². The number of Topliss-reactive ketones (excluding diaryl/α,β-unsaturated/α-hetero) is 3. The highest BCUT2D eigenvalue weighted by Crippen LogP contribution is 2.38. The molecule has 1 saturated carbocycles. The molecule has 4 aliphatic heterocycles. The second kappa shape index (κ2) is 30.3. The van der Waals surface area contributed by atoms with Gasteiger partial charge < -0.3 is 48.3 Å². The molecule has 422 valence electrons. The number of morpholine rings is 1. The zero-order chi connectivity index (χ0) is 54.8. The smallest absolute Gasteiger partial charge is 0.329 e. The lowest BCUT2D eigenvalue weighted by Gasteiger charge is -2.42. The molecule has 17 nitrogen and oxygen atoms in total. The molecule has 2 bridgehead atoms. The third kappa shape index (κ3) is 18.1. The minimum atomic E-state index is -2.44. The molecule has 75 heavy (non-hydrogen) atoms. The fourth-order valence-corrected chi connectivity index (χ4v) is 11.4. The number of cyclic esters (lactones) is 1. The van der Waals surface area contributed by atoms with Crippen molar-refractivity contribution in [1.29, 1.82) is 0 Å². The van der Waals surface area contributed by atoms with Crippen LogP contribution in [0, 0.1) is 35.5 Å². The van der Waals surface area contributed by atoms with Gasteiger partial charge in [-0.05, 0) is 101 Å². The number of hydrogen-bond acceptors (Lipinski definition) is 16. The van der Waals surface area contributed by atoms with Gasteiger partial charge in [-0.25, -0.2) is 4.79 Å². The monoisotopic (exact) mass is 1050 g/mol. The van der Waals surface area contributed by atoms with E-state index in [1.807, 2.05) is 63.0 Å². The molecule has 1 aliphatic carbocycles. The molecule has 5 aliphatic rings. The summed E-state index contributed by atoms with van der Waals surface area (Å²) in [5.74, 6) is -8.26. The Labute approximate surface area is 446 Å². The number of allylic oxidation sites excluding steroid dienone is 6. The average molecular weight is 1060 g/mol. The van der Waals surface area contributed by atoms with E-state index in [0.29, 0.717) is 76.8 Å². The Balaban J connectivity index is 1.38. The van der Waals surface area contributed by atoms with E-state index >= 15 is 0 Å². The van der Waals surface area contributed by atoms with E-state index in [1.165, 1.54) is 12.0 Å². The molecule has 0 aromatic carbocycles. The van der Waals surface area contributed by atoms with Crippen LogP contribution in [0.4, 0.5) is 0 Å². The first-order valence-corrected chi connectivity index (χ1v) is 27.8. The van der Waals surface area contributed by atoms with Crippen molar-refractivity contribution in [3.63, 3.8) is 0 Å². The van der Waals surface area contributed by atoms with E-state index in [-0.39, 0.29) is 80.5 Å². The van der Waals surface area contributed by atoms with Crippen LogP contribution in [-0.2, 0) is 61.9 Å². The van der Waals surface area contributed by atoms with Crippen LogP contribution in [0.5, 0.6) is 0 Å². The van der Waals surface area contributed by atoms with E-state index < -0.39 is 77.8 Å². The quantitative estimate of drug-likeness (QED) is 0.0984. The lowest BCUT2D eigenvalue weighted by atomic mass is 9.79. The number of nitrogens with zero attached hydrogens (tertiary/aromatic N) is 2. The maximum absolute atomic E-state index is 14.6. The van der Waals surface area contributed by atoms with Gasteiger partial charge in [-0.1, -0.05) is 83.9 Å². The predicted octanol–water partition coefficient (Wildman–Crippen LogP) is 6.46. The lowest BCUT2D eigenvalue weighted by molar-refractivity contribution is -0.265. The molecule has 3 saturated heterocycles. The number of aliphatic hydroxyl groups excluding tert-OH is 1. The topological polar surface area (TPSA) is 214 Å². The number of ketones is 3. The Bertz CT molecular complexity index is 2030. The van der Waals surface area contributed by atoms with E-state index in [2.05, 4.69) is 0 Å². The Morgan fingerprint density at radius 3 is 2.32 bits per heavy atom. The Hall–Kier alpha value is -3.94. The molecule has 17 heteroatoms. The highest BCUT2D eigenvalue weighted by Gasteiger charge is 2.53. The number of rotatable bonds is 11. The van der Waals surface area contributed by atoms with Crippen molar-refractivity contribution in [1.82, 2.24) is 9.80 Å². The maximum atomic E-state index is 14.6. The SMILES string of the molecule is CO[C@H]1C[C@@H]2CC[C@@H](C)[C@@](O)(O2)C(=O)C(=O)N2CCCC[C@H]2C(=O)O[C@H]([C@H](C)CC2CCC[C@H](OCCOC(=O)CN3CCOCC3)C2)CC(=O)[C@H](C)/C=C(\C)[C@@H](O)[C@@H](OC)C(=O)[C@H](C)C[C@H](C)/C=C/C=C/C=C/1C. The highest BCUT2D eigenvalue weighted by molar-refractivity contribution is 6.39. The van der Waals surface area contributed by atoms with Crippen LogP contribution in [0.3, 0.4) is 0 Å². The summed E-state index contributed by atoms with van der Waals surface area (Å²) in [6, 6.07) is -1.15. The highest BCUT2D eigenvalue weighted by atomic mass is 16.6. The number of aliphatic hydroxyl groups is 2. The number of piperidine rings is 1. The summed E-state index contributed by atoms with van der Waals surface area (Å²) < 4.78 is 41.1. The fraction of sp³-hybridized carbons (Fsp3) is 0.759. The molecule has 5 rings (SSSR count). The van der Waals surface area contributed by atoms with Crippen LogP contribution in [0.15, 0.2) is 47.6 Å². The fourth-order valence-electron chi connectivity index (χ4n) is 11.4. The second-order valence-electron chi connectivity index (χ2n) is 22.2. The summed E-state index contributed by atoms with van der Waals surface area (Å²) in [5, 5.41) is 23.6. The molecule has 4 heterocycles. The van der Waals surface area contributed by atoms with Crippen LogP contribution >= 0.6 is 0 Å². The van der Waals surface area contributed by atoms with Crippen molar-refractivity contribution in [3.05, 3.63) is 47.6 Å². The molecule has 0 aromatic heterocycles. The van der Waals surface area contributed by atoms with Crippen molar-refractivity contribution >= 4 is 35.2 Å². The number of amides is 1. The van der Waals surface area contributed by atoms with Crippen LogP contribution in [-0.4, -0.2) is 170 Å². The number of fused-ring (bicyclic) bond motifs is 3.